The summed E-state index contributed by atoms with van der Waals surface area (Å²) in [5.41, 5.74) is 2.41. The monoisotopic (exact) mass is 349 g/mol. The summed E-state index contributed by atoms with van der Waals surface area (Å²) in [4.78, 5) is 13.7. The third-order valence-corrected chi connectivity index (χ3v) is 4.46. The Morgan fingerprint density at radius 1 is 1.12 bits per heavy atom. The van der Waals surface area contributed by atoms with Gasteiger partial charge in [0.25, 0.3) is 0 Å². The predicted molar refractivity (Wildman–Crippen MR) is 99.8 cm³/mol. The fraction of sp³-hybridized carbons (Fsp3) is 0.250. The second-order valence-electron chi connectivity index (χ2n) is 6.42. The molecule has 2 N–H and O–H groups in total. The van der Waals surface area contributed by atoms with E-state index in [1.54, 1.807) is 18.5 Å². The van der Waals surface area contributed by atoms with Crippen LogP contribution in [0.15, 0.2) is 54.9 Å². The quantitative estimate of drug-likeness (QED) is 0.748. The first-order valence-corrected chi connectivity index (χ1v) is 8.80. The van der Waals surface area contributed by atoms with Gasteiger partial charge in [-0.05, 0) is 49.7 Å². The van der Waals surface area contributed by atoms with Crippen LogP contribution >= 0.6 is 0 Å². The molecule has 132 valence electrons. The summed E-state index contributed by atoms with van der Waals surface area (Å²) in [5, 5.41) is 6.61. The highest BCUT2D eigenvalue weighted by Crippen LogP contribution is 2.27. The Morgan fingerprint density at radius 2 is 2.08 bits per heavy atom. The van der Waals surface area contributed by atoms with Gasteiger partial charge in [-0.25, -0.2) is 14.4 Å². The van der Waals surface area contributed by atoms with Crippen LogP contribution in [0.3, 0.4) is 0 Å². The predicted octanol–water partition coefficient (Wildman–Crippen LogP) is 3.89. The van der Waals surface area contributed by atoms with Gasteiger partial charge in [0.1, 0.15) is 17.5 Å². The maximum atomic E-state index is 13.5. The summed E-state index contributed by atoms with van der Waals surface area (Å²) in [6.45, 7) is 1.91. The molecule has 0 bridgehead atoms. The van der Waals surface area contributed by atoms with Crippen LogP contribution in [0.5, 0.6) is 0 Å². The van der Waals surface area contributed by atoms with Crippen molar-refractivity contribution in [3.8, 4) is 11.3 Å². The molecule has 0 radical (unpaired) electrons. The number of piperidine rings is 1. The molecule has 1 saturated heterocycles. The lowest BCUT2D eigenvalue weighted by Crippen LogP contribution is -2.29. The summed E-state index contributed by atoms with van der Waals surface area (Å²) < 4.78 is 13.5. The Labute approximate surface area is 151 Å². The molecule has 1 aromatic carbocycles. The lowest BCUT2D eigenvalue weighted by molar-refractivity contribution is 0.447. The van der Waals surface area contributed by atoms with Gasteiger partial charge in [-0.1, -0.05) is 6.07 Å². The standard InChI is InChI=1S/C20H20FN5/c21-16-6-1-7-17(10-16)24-19-11-18(14-4-2-8-22-12-14)25-20(26-19)15-5-3-9-23-13-15/h1-2,4,6-8,10-12,15,23H,3,5,9,13H2,(H,24,25,26)/t15-/m0/s1. The van der Waals surface area contributed by atoms with E-state index in [-0.39, 0.29) is 11.7 Å². The maximum Gasteiger partial charge on any atom is 0.135 e. The zero-order chi connectivity index (χ0) is 17.8. The van der Waals surface area contributed by atoms with Gasteiger partial charge in [0.15, 0.2) is 0 Å². The Bertz CT molecular complexity index is 878. The van der Waals surface area contributed by atoms with Crippen molar-refractivity contribution in [1.82, 2.24) is 20.3 Å². The molecule has 0 spiro atoms. The number of hydrogen-bond acceptors (Lipinski definition) is 5. The first-order valence-electron chi connectivity index (χ1n) is 8.80. The van der Waals surface area contributed by atoms with Crippen molar-refractivity contribution in [2.24, 2.45) is 0 Å². The van der Waals surface area contributed by atoms with Crippen molar-refractivity contribution >= 4 is 11.5 Å². The normalized spacial score (nSPS) is 17.0. The minimum atomic E-state index is -0.284. The number of hydrogen-bond donors (Lipinski definition) is 2. The molecule has 0 aliphatic carbocycles. The van der Waals surface area contributed by atoms with Crippen molar-refractivity contribution in [2.75, 3.05) is 18.4 Å². The molecule has 1 atom stereocenters. The van der Waals surface area contributed by atoms with Gasteiger partial charge in [-0.3, -0.25) is 4.98 Å². The molecular weight excluding hydrogens is 329 g/mol. The smallest absolute Gasteiger partial charge is 0.135 e. The van der Waals surface area contributed by atoms with Crippen LogP contribution in [0, 0.1) is 5.82 Å². The molecule has 1 aliphatic rings. The van der Waals surface area contributed by atoms with Gasteiger partial charge in [0.2, 0.25) is 0 Å². The van der Waals surface area contributed by atoms with Crippen LogP contribution < -0.4 is 10.6 Å². The maximum absolute atomic E-state index is 13.5. The van der Waals surface area contributed by atoms with Gasteiger partial charge in [0, 0.05) is 42.2 Å². The fourth-order valence-corrected chi connectivity index (χ4v) is 3.16. The number of anilines is 2. The molecule has 0 saturated carbocycles. The highest BCUT2D eigenvalue weighted by molar-refractivity contribution is 5.65. The van der Waals surface area contributed by atoms with Crippen molar-refractivity contribution < 1.29 is 4.39 Å². The molecule has 1 fully saturated rings. The summed E-state index contributed by atoms with van der Waals surface area (Å²) >= 11 is 0. The van der Waals surface area contributed by atoms with Crippen LogP contribution in [0.4, 0.5) is 15.9 Å². The molecule has 3 aromatic rings. The number of nitrogens with one attached hydrogen (secondary N) is 2. The van der Waals surface area contributed by atoms with Crippen LogP contribution in [-0.2, 0) is 0 Å². The third kappa shape index (κ3) is 3.86. The Hall–Kier alpha value is -2.86. The second kappa shape index (κ2) is 7.58. The second-order valence-corrected chi connectivity index (χ2v) is 6.42. The minimum Gasteiger partial charge on any atom is -0.340 e. The van der Waals surface area contributed by atoms with E-state index < -0.39 is 0 Å². The van der Waals surface area contributed by atoms with E-state index >= 15 is 0 Å². The topological polar surface area (TPSA) is 62.7 Å². The van der Waals surface area contributed by atoms with E-state index in [2.05, 4.69) is 15.6 Å². The Balaban J connectivity index is 1.72. The van der Waals surface area contributed by atoms with E-state index in [9.17, 15) is 4.39 Å². The molecule has 3 heterocycles. The van der Waals surface area contributed by atoms with Crippen LogP contribution in [-0.4, -0.2) is 28.0 Å². The average Bonchev–Trinajstić information content (AvgIpc) is 2.69. The SMILES string of the molecule is Fc1cccc(Nc2cc(-c3cccnc3)nc([C@H]3CCCNC3)n2)c1. The molecule has 4 rings (SSSR count). The lowest BCUT2D eigenvalue weighted by Gasteiger charge is -2.22. The Morgan fingerprint density at radius 3 is 2.85 bits per heavy atom. The van der Waals surface area contributed by atoms with E-state index in [1.807, 2.05) is 24.3 Å². The number of nitrogens with zero attached hydrogens (tertiary/aromatic N) is 3. The van der Waals surface area contributed by atoms with E-state index in [0.29, 0.717) is 11.5 Å². The molecule has 26 heavy (non-hydrogen) atoms. The van der Waals surface area contributed by atoms with Crippen LogP contribution in [0.25, 0.3) is 11.3 Å². The average molecular weight is 349 g/mol. The largest absolute Gasteiger partial charge is 0.340 e. The molecule has 0 unspecified atom stereocenters. The fourth-order valence-electron chi connectivity index (χ4n) is 3.16. The Kier molecular flexibility index (Phi) is 4.84. The van der Waals surface area contributed by atoms with Gasteiger partial charge in [0.05, 0.1) is 5.69 Å². The minimum absolute atomic E-state index is 0.272. The number of halogens is 1. The van der Waals surface area contributed by atoms with Crippen LogP contribution in [0.2, 0.25) is 0 Å². The molecule has 0 amide bonds. The number of rotatable bonds is 4. The molecule has 2 aromatic heterocycles. The van der Waals surface area contributed by atoms with E-state index in [4.69, 9.17) is 9.97 Å². The summed E-state index contributed by atoms with van der Waals surface area (Å²) in [6.07, 6.45) is 5.69. The highest BCUT2D eigenvalue weighted by atomic mass is 19.1. The zero-order valence-electron chi connectivity index (χ0n) is 14.3. The van der Waals surface area contributed by atoms with Gasteiger partial charge in [-0.2, -0.15) is 0 Å². The molecular formula is C20H20FN5. The van der Waals surface area contributed by atoms with Crippen molar-refractivity contribution in [1.29, 1.82) is 0 Å². The van der Waals surface area contributed by atoms with Crippen molar-refractivity contribution in [2.45, 2.75) is 18.8 Å². The third-order valence-electron chi connectivity index (χ3n) is 4.46. The number of benzene rings is 1. The summed E-state index contributed by atoms with van der Waals surface area (Å²) in [7, 11) is 0. The first-order chi connectivity index (χ1) is 12.8. The first kappa shape index (κ1) is 16.6. The lowest BCUT2D eigenvalue weighted by atomic mass is 9.98. The van der Waals surface area contributed by atoms with Gasteiger partial charge in [-0.15, -0.1) is 0 Å². The van der Waals surface area contributed by atoms with Gasteiger partial charge < -0.3 is 10.6 Å². The highest BCUT2D eigenvalue weighted by Gasteiger charge is 2.19. The van der Waals surface area contributed by atoms with E-state index in [0.717, 1.165) is 43.0 Å². The number of aromatic nitrogens is 3. The zero-order valence-corrected chi connectivity index (χ0v) is 14.3. The summed E-state index contributed by atoms with van der Waals surface area (Å²) in [6, 6.07) is 12.1. The van der Waals surface area contributed by atoms with Crippen molar-refractivity contribution in [3.05, 3.63) is 66.5 Å². The number of pyridine rings is 1. The van der Waals surface area contributed by atoms with Gasteiger partial charge >= 0.3 is 0 Å². The van der Waals surface area contributed by atoms with Crippen LogP contribution in [0.1, 0.15) is 24.6 Å². The van der Waals surface area contributed by atoms with E-state index in [1.165, 1.54) is 12.1 Å². The summed E-state index contributed by atoms with van der Waals surface area (Å²) in [5.74, 6) is 1.45. The molecule has 1 aliphatic heterocycles. The molecule has 5 nitrogen and oxygen atoms in total. The molecule has 6 heteroatoms. The van der Waals surface area contributed by atoms with Crippen molar-refractivity contribution in [3.63, 3.8) is 0 Å².